The van der Waals surface area contributed by atoms with Crippen LogP contribution in [-0.4, -0.2) is 47.5 Å². The second-order valence-electron chi connectivity index (χ2n) is 3.60. The van der Waals surface area contributed by atoms with Crippen LogP contribution in [0.5, 0.6) is 0 Å². The number of amides is 2. The molecule has 0 saturated heterocycles. The standard InChI is InChI=1S/C5H6Cl6N2O3.C3H8O/c6-4(7,8)1(14)12-3(16)13-2(15)5(9,10)11;1-3(2)4/h1-2,14-15H,(H2,12,13,16);3-4H,1-2H3. The van der Waals surface area contributed by atoms with Gasteiger partial charge in [-0.3, -0.25) is 0 Å². The van der Waals surface area contributed by atoms with Gasteiger partial charge in [0.25, 0.3) is 0 Å². The molecule has 0 radical (unpaired) electrons. The first kappa shape index (κ1) is 23.2. The number of rotatable bonds is 2. The smallest absolute Gasteiger partial charge is 0.319 e. The summed E-state index contributed by atoms with van der Waals surface area (Å²) in [4.78, 5) is 11.1. The topological polar surface area (TPSA) is 102 Å². The van der Waals surface area contributed by atoms with Crippen LogP contribution < -0.4 is 10.6 Å². The summed E-state index contributed by atoms with van der Waals surface area (Å²) >= 11 is 31.5. The van der Waals surface area contributed by atoms with Crippen LogP contribution in [-0.2, 0) is 0 Å². The zero-order valence-electron chi connectivity index (χ0n) is 10.2. The zero-order chi connectivity index (χ0) is 16.7. The Morgan fingerprint density at radius 3 is 1.20 bits per heavy atom. The van der Waals surface area contributed by atoms with Gasteiger partial charge >= 0.3 is 6.03 Å². The summed E-state index contributed by atoms with van der Waals surface area (Å²) in [6.45, 7) is 3.44. The molecule has 5 N–H and O–H groups in total. The van der Waals surface area contributed by atoms with E-state index in [0.717, 1.165) is 0 Å². The number of halogens is 6. The van der Waals surface area contributed by atoms with Crippen LogP contribution in [0.3, 0.4) is 0 Å². The first-order valence-electron chi connectivity index (χ1n) is 4.92. The summed E-state index contributed by atoms with van der Waals surface area (Å²) < 4.78 is -4.25. The molecule has 0 aromatic heterocycles. The first-order chi connectivity index (χ1) is 8.67. The molecule has 2 amide bonds. The summed E-state index contributed by atoms with van der Waals surface area (Å²) in [7, 11) is 0. The second kappa shape index (κ2) is 9.82. The number of hydrogen-bond donors (Lipinski definition) is 5. The molecule has 0 fully saturated rings. The summed E-state index contributed by atoms with van der Waals surface area (Å²) in [6, 6.07) is -1.09. The van der Waals surface area contributed by atoms with Gasteiger partial charge in [-0.1, -0.05) is 69.6 Å². The first-order valence-corrected chi connectivity index (χ1v) is 7.19. The molecular weight excluding hydrogens is 401 g/mol. The van der Waals surface area contributed by atoms with Crippen LogP contribution in [0.4, 0.5) is 4.79 Å². The van der Waals surface area contributed by atoms with E-state index in [-0.39, 0.29) is 6.10 Å². The van der Waals surface area contributed by atoms with Crippen molar-refractivity contribution in [3.05, 3.63) is 0 Å². The third kappa shape index (κ3) is 13.9. The highest BCUT2D eigenvalue weighted by atomic mass is 35.6. The lowest BCUT2D eigenvalue weighted by atomic mass is 10.5. The third-order valence-electron chi connectivity index (χ3n) is 1.16. The molecule has 0 aromatic carbocycles. The van der Waals surface area contributed by atoms with Gasteiger partial charge in [-0.2, -0.15) is 0 Å². The number of urea groups is 1. The highest BCUT2D eigenvalue weighted by molar-refractivity contribution is 6.68. The van der Waals surface area contributed by atoms with Crippen molar-refractivity contribution in [1.82, 2.24) is 10.6 Å². The summed E-state index contributed by atoms with van der Waals surface area (Å²) in [5, 5.41) is 29.9. The molecule has 0 spiro atoms. The summed E-state index contributed by atoms with van der Waals surface area (Å²) in [6.07, 6.45) is -3.75. The Hall–Kier alpha value is 0.890. The highest BCUT2D eigenvalue weighted by Gasteiger charge is 2.35. The van der Waals surface area contributed by atoms with Gasteiger partial charge in [0.15, 0.2) is 12.5 Å². The van der Waals surface area contributed by atoms with E-state index in [2.05, 4.69) is 0 Å². The Morgan fingerprint density at radius 2 is 1.05 bits per heavy atom. The monoisotopic (exact) mass is 412 g/mol. The molecule has 0 saturated carbocycles. The molecule has 6 nitrogen and oxygen atoms in total. The van der Waals surface area contributed by atoms with E-state index in [1.165, 1.54) is 0 Å². The Kier molecular flexibility index (Phi) is 11.4. The molecule has 2 unspecified atom stereocenters. The van der Waals surface area contributed by atoms with E-state index in [1.807, 2.05) is 0 Å². The predicted octanol–water partition coefficient (Wildman–Crippen LogP) is 2.05. The molecule has 0 bridgehead atoms. The van der Waals surface area contributed by atoms with E-state index in [9.17, 15) is 4.79 Å². The molecule has 0 heterocycles. The van der Waals surface area contributed by atoms with Gasteiger partial charge in [0.05, 0.1) is 0 Å². The average Bonchev–Trinajstić information content (AvgIpc) is 2.12. The van der Waals surface area contributed by atoms with Gasteiger partial charge in [-0.05, 0) is 13.8 Å². The van der Waals surface area contributed by atoms with Crippen LogP contribution in [0.25, 0.3) is 0 Å². The maximum Gasteiger partial charge on any atom is 0.319 e. The van der Waals surface area contributed by atoms with Crippen molar-refractivity contribution in [2.45, 2.75) is 40.0 Å². The van der Waals surface area contributed by atoms with Crippen molar-refractivity contribution < 1.29 is 20.1 Å². The van der Waals surface area contributed by atoms with Crippen LogP contribution in [0.15, 0.2) is 0 Å². The van der Waals surface area contributed by atoms with E-state index >= 15 is 0 Å². The van der Waals surface area contributed by atoms with E-state index in [0.29, 0.717) is 0 Å². The summed E-state index contributed by atoms with van der Waals surface area (Å²) in [5.74, 6) is 0. The van der Waals surface area contributed by atoms with Crippen molar-refractivity contribution in [1.29, 1.82) is 0 Å². The van der Waals surface area contributed by atoms with Crippen molar-refractivity contribution in [3.8, 4) is 0 Å². The molecule has 2 atom stereocenters. The normalized spacial score (nSPS) is 15.0. The fourth-order valence-corrected chi connectivity index (χ4v) is 0.781. The summed E-state index contributed by atoms with van der Waals surface area (Å²) in [5.41, 5.74) is 0. The quantitative estimate of drug-likeness (QED) is 0.352. The average molecular weight is 415 g/mol. The molecule has 0 aromatic rings. The van der Waals surface area contributed by atoms with Crippen molar-refractivity contribution >= 4 is 75.6 Å². The molecule has 122 valence electrons. The Balaban J connectivity index is 0. The number of aliphatic hydroxyl groups is 3. The molecule has 0 aliphatic heterocycles. The number of carbonyl (C=O) groups excluding carboxylic acids is 1. The van der Waals surface area contributed by atoms with Crippen molar-refractivity contribution in [2.75, 3.05) is 0 Å². The van der Waals surface area contributed by atoms with Gasteiger partial charge in [-0.15, -0.1) is 0 Å². The van der Waals surface area contributed by atoms with E-state index < -0.39 is 26.1 Å². The lowest BCUT2D eigenvalue weighted by Crippen LogP contribution is -2.53. The molecular formula is C8H14Cl6N2O4. The molecule has 12 heteroatoms. The fourth-order valence-electron chi connectivity index (χ4n) is 0.454. The largest absolute Gasteiger partial charge is 0.394 e. The van der Waals surface area contributed by atoms with Crippen molar-refractivity contribution in [2.24, 2.45) is 0 Å². The Morgan fingerprint density at radius 1 is 0.850 bits per heavy atom. The van der Waals surface area contributed by atoms with Crippen LogP contribution in [0, 0.1) is 0 Å². The number of nitrogens with one attached hydrogen (secondary N) is 2. The highest BCUT2D eigenvalue weighted by Crippen LogP contribution is 2.30. The van der Waals surface area contributed by atoms with Crippen LogP contribution >= 0.6 is 69.6 Å². The van der Waals surface area contributed by atoms with E-state index in [1.54, 1.807) is 24.5 Å². The maximum atomic E-state index is 11.1. The number of hydrogen-bond acceptors (Lipinski definition) is 4. The number of aliphatic hydroxyl groups excluding tert-OH is 3. The van der Waals surface area contributed by atoms with Crippen LogP contribution in [0.2, 0.25) is 0 Å². The second-order valence-corrected chi connectivity index (χ2v) is 8.34. The molecule has 0 rings (SSSR count). The Labute approximate surface area is 146 Å². The molecule has 20 heavy (non-hydrogen) atoms. The number of carbonyl (C=O) groups is 1. The molecule has 0 aliphatic rings. The minimum atomic E-state index is -2.12. The van der Waals surface area contributed by atoms with Gasteiger partial charge in [-0.25, -0.2) is 4.79 Å². The van der Waals surface area contributed by atoms with Crippen molar-refractivity contribution in [3.63, 3.8) is 0 Å². The third-order valence-corrected chi connectivity index (χ3v) is 2.40. The maximum absolute atomic E-state index is 11.1. The number of alkyl halides is 6. The van der Waals surface area contributed by atoms with Gasteiger partial charge in [0.2, 0.25) is 7.59 Å². The fraction of sp³-hybridized carbons (Fsp3) is 0.875. The predicted molar refractivity (Wildman–Crippen MR) is 81.6 cm³/mol. The lowest BCUT2D eigenvalue weighted by molar-refractivity contribution is 0.120. The van der Waals surface area contributed by atoms with Gasteiger partial charge < -0.3 is 26.0 Å². The van der Waals surface area contributed by atoms with Gasteiger partial charge in [0.1, 0.15) is 0 Å². The van der Waals surface area contributed by atoms with Gasteiger partial charge in [0, 0.05) is 6.10 Å². The zero-order valence-corrected chi connectivity index (χ0v) is 14.8. The Bertz CT molecular complexity index is 267. The van der Waals surface area contributed by atoms with E-state index in [4.69, 9.17) is 84.9 Å². The minimum absolute atomic E-state index is 0.167. The van der Waals surface area contributed by atoms with Crippen LogP contribution in [0.1, 0.15) is 13.8 Å². The SMILES string of the molecule is CC(C)O.O=C(NC(O)C(Cl)(Cl)Cl)NC(O)C(Cl)(Cl)Cl. The minimum Gasteiger partial charge on any atom is -0.394 e. The lowest BCUT2D eigenvalue weighted by Gasteiger charge is -2.23. The molecule has 0 aliphatic carbocycles.